The fraction of sp³-hybridized carbons (Fsp3) is 0.462. The monoisotopic (exact) mass is 279 g/mol. The second-order valence-corrected chi connectivity index (χ2v) is 4.69. The van der Waals surface area contributed by atoms with Crippen molar-refractivity contribution in [1.82, 2.24) is 5.32 Å². The molecule has 20 heavy (non-hydrogen) atoms. The minimum atomic E-state index is -0.463. The Hall–Kier alpha value is -2.15. The molecule has 1 amide bonds. The van der Waals surface area contributed by atoms with Crippen molar-refractivity contribution in [2.24, 2.45) is 0 Å². The third-order valence-corrected chi connectivity index (χ3v) is 3.30. The number of carbonyl (C=O) groups excluding carboxylic acids is 1. The zero-order valence-corrected chi connectivity index (χ0v) is 11.2. The summed E-state index contributed by atoms with van der Waals surface area (Å²) in [6.07, 6.45) is 1.89. The van der Waals surface area contributed by atoms with E-state index >= 15 is 0 Å². The lowest BCUT2D eigenvalue weighted by Crippen LogP contribution is -2.30. The normalized spacial score (nSPS) is 13.9. The van der Waals surface area contributed by atoms with E-state index in [4.69, 9.17) is 5.11 Å². The Morgan fingerprint density at radius 3 is 2.75 bits per heavy atom. The number of anilines is 1. The summed E-state index contributed by atoms with van der Waals surface area (Å²) in [6.45, 7) is 0.237. The van der Waals surface area contributed by atoms with Crippen molar-refractivity contribution >= 4 is 17.3 Å². The molecule has 1 aliphatic carbocycles. The van der Waals surface area contributed by atoms with Crippen LogP contribution in [0.25, 0.3) is 0 Å². The average molecular weight is 279 g/mol. The topological polar surface area (TPSA) is 95.7 Å². The molecule has 1 aromatic rings. The van der Waals surface area contributed by atoms with E-state index in [0.717, 1.165) is 12.8 Å². The summed E-state index contributed by atoms with van der Waals surface area (Å²) in [4.78, 5) is 24.2. The van der Waals surface area contributed by atoms with E-state index in [1.807, 2.05) is 4.90 Å². The van der Waals surface area contributed by atoms with E-state index in [2.05, 4.69) is 5.32 Å². The van der Waals surface area contributed by atoms with E-state index in [9.17, 15) is 14.9 Å². The molecular formula is C13H17N3O4. The number of amides is 1. The van der Waals surface area contributed by atoms with Crippen LogP contribution in [-0.4, -0.2) is 42.2 Å². The Kier molecular flexibility index (Phi) is 4.19. The molecule has 0 unspecified atom stereocenters. The lowest BCUT2D eigenvalue weighted by Gasteiger charge is -2.23. The van der Waals surface area contributed by atoms with Crippen LogP contribution in [0.4, 0.5) is 11.4 Å². The van der Waals surface area contributed by atoms with Crippen LogP contribution in [0.3, 0.4) is 0 Å². The molecule has 1 aliphatic rings. The maximum atomic E-state index is 11.7. The molecule has 0 radical (unpaired) electrons. The number of benzene rings is 1. The number of carbonyl (C=O) groups is 1. The van der Waals surface area contributed by atoms with Gasteiger partial charge in [-0.2, -0.15) is 0 Å². The van der Waals surface area contributed by atoms with Crippen molar-refractivity contribution in [2.45, 2.75) is 18.9 Å². The van der Waals surface area contributed by atoms with E-state index < -0.39 is 4.92 Å². The number of hydrogen-bond donors (Lipinski definition) is 2. The van der Waals surface area contributed by atoms with E-state index in [1.165, 1.54) is 25.2 Å². The van der Waals surface area contributed by atoms with Crippen molar-refractivity contribution in [3.05, 3.63) is 33.9 Å². The molecule has 7 heteroatoms. The highest BCUT2D eigenvalue weighted by Crippen LogP contribution is 2.37. The largest absolute Gasteiger partial charge is 0.395 e. The summed E-state index contributed by atoms with van der Waals surface area (Å²) in [5.41, 5.74) is 0.724. The number of nitro benzene ring substituents is 1. The summed E-state index contributed by atoms with van der Waals surface area (Å²) >= 11 is 0. The van der Waals surface area contributed by atoms with Gasteiger partial charge in [-0.05, 0) is 25.0 Å². The molecule has 108 valence electrons. The first-order valence-electron chi connectivity index (χ1n) is 6.46. The Bertz CT molecular complexity index is 528. The molecule has 2 rings (SSSR count). The lowest BCUT2D eigenvalue weighted by atomic mass is 10.1. The summed E-state index contributed by atoms with van der Waals surface area (Å²) in [5.74, 6) is -0.291. The van der Waals surface area contributed by atoms with Crippen molar-refractivity contribution in [3.63, 3.8) is 0 Å². The molecular weight excluding hydrogens is 262 g/mol. The van der Waals surface area contributed by atoms with Gasteiger partial charge in [0.15, 0.2) is 0 Å². The average Bonchev–Trinajstić information content (AvgIpc) is 3.27. The first-order valence-corrected chi connectivity index (χ1v) is 6.46. The SMILES string of the molecule is CNC(=O)c1ccc([N+](=O)[O-])c(N(CCO)C2CC2)c1. The van der Waals surface area contributed by atoms with Crippen LogP contribution in [0, 0.1) is 10.1 Å². The van der Waals surface area contributed by atoms with Crippen molar-refractivity contribution in [1.29, 1.82) is 0 Å². The van der Waals surface area contributed by atoms with Crippen LogP contribution < -0.4 is 10.2 Å². The Morgan fingerprint density at radius 1 is 1.55 bits per heavy atom. The molecule has 0 aromatic heterocycles. The number of aliphatic hydroxyl groups excluding tert-OH is 1. The number of aliphatic hydroxyl groups is 1. The predicted octanol–water partition coefficient (Wildman–Crippen LogP) is 0.915. The van der Waals surface area contributed by atoms with Crippen molar-refractivity contribution in [3.8, 4) is 0 Å². The molecule has 1 saturated carbocycles. The molecule has 1 fully saturated rings. The molecule has 0 aliphatic heterocycles. The maximum absolute atomic E-state index is 11.7. The summed E-state index contributed by atoms with van der Waals surface area (Å²) in [7, 11) is 1.51. The maximum Gasteiger partial charge on any atom is 0.292 e. The first-order chi connectivity index (χ1) is 9.58. The van der Waals surface area contributed by atoms with Gasteiger partial charge in [0.1, 0.15) is 5.69 Å². The van der Waals surface area contributed by atoms with Gasteiger partial charge in [0.25, 0.3) is 11.6 Å². The first kappa shape index (κ1) is 14.3. The molecule has 0 atom stereocenters. The third kappa shape index (κ3) is 2.88. The highest BCUT2D eigenvalue weighted by molar-refractivity contribution is 5.95. The third-order valence-electron chi connectivity index (χ3n) is 3.30. The number of nitrogens with zero attached hydrogens (tertiary/aromatic N) is 2. The lowest BCUT2D eigenvalue weighted by molar-refractivity contribution is -0.384. The number of rotatable bonds is 6. The number of nitrogens with one attached hydrogen (secondary N) is 1. The Labute approximate surface area is 116 Å². The predicted molar refractivity (Wildman–Crippen MR) is 73.9 cm³/mol. The van der Waals surface area contributed by atoms with Gasteiger partial charge < -0.3 is 15.3 Å². The Balaban J connectivity index is 2.44. The van der Waals surface area contributed by atoms with Gasteiger partial charge in [-0.25, -0.2) is 0 Å². The molecule has 2 N–H and O–H groups in total. The van der Waals surface area contributed by atoms with Crippen LogP contribution in [0.15, 0.2) is 18.2 Å². The summed E-state index contributed by atoms with van der Waals surface area (Å²) in [6, 6.07) is 4.50. The van der Waals surface area contributed by atoms with Crippen LogP contribution in [-0.2, 0) is 0 Å². The van der Waals surface area contributed by atoms with Gasteiger partial charge in [0.05, 0.1) is 11.5 Å². The highest BCUT2D eigenvalue weighted by atomic mass is 16.6. The van der Waals surface area contributed by atoms with E-state index in [1.54, 1.807) is 0 Å². The summed E-state index contributed by atoms with van der Waals surface area (Å²) < 4.78 is 0. The van der Waals surface area contributed by atoms with Crippen molar-refractivity contribution < 1.29 is 14.8 Å². The van der Waals surface area contributed by atoms with Gasteiger partial charge in [-0.1, -0.05) is 0 Å². The molecule has 0 bridgehead atoms. The zero-order chi connectivity index (χ0) is 14.7. The molecule has 0 saturated heterocycles. The fourth-order valence-corrected chi connectivity index (χ4v) is 2.19. The number of nitro groups is 1. The van der Waals surface area contributed by atoms with Gasteiger partial charge in [0, 0.05) is 31.3 Å². The number of hydrogen-bond acceptors (Lipinski definition) is 5. The van der Waals surface area contributed by atoms with Gasteiger partial charge in [0.2, 0.25) is 0 Å². The standard InChI is InChI=1S/C13H17N3O4/c1-14-13(18)9-2-5-11(16(19)20)12(8-9)15(6-7-17)10-3-4-10/h2,5,8,10,17H,3-4,6-7H2,1H3,(H,14,18). The minimum absolute atomic E-state index is 0.0435. The Morgan fingerprint density at radius 2 is 2.25 bits per heavy atom. The van der Waals surface area contributed by atoms with Crippen LogP contribution in [0.5, 0.6) is 0 Å². The van der Waals surface area contributed by atoms with Crippen molar-refractivity contribution in [2.75, 3.05) is 25.1 Å². The quantitative estimate of drug-likeness (QED) is 0.596. The molecule has 0 heterocycles. The van der Waals surface area contributed by atoms with Gasteiger partial charge in [-0.15, -0.1) is 0 Å². The van der Waals surface area contributed by atoms with Gasteiger partial charge in [-0.3, -0.25) is 14.9 Å². The van der Waals surface area contributed by atoms with Crippen LogP contribution in [0.2, 0.25) is 0 Å². The molecule has 7 nitrogen and oxygen atoms in total. The second kappa shape index (κ2) is 5.87. The summed E-state index contributed by atoms with van der Waals surface area (Å²) in [5, 5.41) is 22.8. The zero-order valence-electron chi connectivity index (χ0n) is 11.2. The fourth-order valence-electron chi connectivity index (χ4n) is 2.19. The van der Waals surface area contributed by atoms with Gasteiger partial charge >= 0.3 is 0 Å². The minimum Gasteiger partial charge on any atom is -0.395 e. The second-order valence-electron chi connectivity index (χ2n) is 4.69. The highest BCUT2D eigenvalue weighted by Gasteiger charge is 2.33. The molecule has 0 spiro atoms. The van der Waals surface area contributed by atoms with E-state index in [-0.39, 0.29) is 24.2 Å². The molecule has 1 aromatic carbocycles. The smallest absolute Gasteiger partial charge is 0.292 e. The van der Waals surface area contributed by atoms with Crippen LogP contribution >= 0.6 is 0 Å². The van der Waals surface area contributed by atoms with E-state index in [0.29, 0.717) is 17.8 Å². The van der Waals surface area contributed by atoms with Crippen LogP contribution in [0.1, 0.15) is 23.2 Å².